The number of rotatable bonds is 3. The van der Waals surface area contributed by atoms with Crippen LogP contribution in [0, 0.1) is 19.8 Å². The molecule has 2 aliphatic rings. The third kappa shape index (κ3) is 2.99. The first-order valence-corrected chi connectivity index (χ1v) is 9.70. The van der Waals surface area contributed by atoms with E-state index in [4.69, 9.17) is 0 Å². The third-order valence-corrected chi connectivity index (χ3v) is 6.49. The highest BCUT2D eigenvalue weighted by Gasteiger charge is 2.23. The summed E-state index contributed by atoms with van der Waals surface area (Å²) in [4.78, 5) is 20.6. The number of thiazole rings is 1. The Hall–Kier alpha value is -1.69. The SMILES string of the molecule is Cc1nc(N2CCC(Cn3nc4c(cc3=O)CCC4)CC2)sc1C. The molecule has 0 bridgehead atoms. The van der Waals surface area contributed by atoms with E-state index in [0.717, 1.165) is 68.3 Å². The first-order chi connectivity index (χ1) is 11.6. The number of aromatic nitrogens is 3. The molecule has 4 rings (SSSR count). The minimum absolute atomic E-state index is 0.0734. The van der Waals surface area contributed by atoms with Crippen LogP contribution >= 0.6 is 11.3 Å². The number of hydrogen-bond acceptors (Lipinski definition) is 5. The van der Waals surface area contributed by atoms with Gasteiger partial charge in [0.05, 0.1) is 11.4 Å². The molecule has 5 nitrogen and oxygen atoms in total. The normalized spacial score (nSPS) is 18.2. The standard InChI is InChI=1S/C18H24N4OS/c1-12-13(2)24-18(19-12)21-8-6-14(7-9-21)11-22-17(23)10-15-4-3-5-16(15)20-22/h10,14H,3-9,11H2,1-2H3. The molecule has 0 atom stereocenters. The number of nitrogens with zero attached hydrogens (tertiary/aromatic N) is 4. The zero-order valence-electron chi connectivity index (χ0n) is 14.4. The van der Waals surface area contributed by atoms with Gasteiger partial charge < -0.3 is 4.90 Å². The van der Waals surface area contributed by atoms with Crippen molar-refractivity contribution in [3.8, 4) is 0 Å². The highest BCUT2D eigenvalue weighted by molar-refractivity contribution is 7.15. The van der Waals surface area contributed by atoms with Crippen LogP contribution in [0.15, 0.2) is 10.9 Å². The average Bonchev–Trinajstić information content (AvgIpc) is 3.15. The average molecular weight is 344 g/mol. The Bertz CT molecular complexity index is 782. The highest BCUT2D eigenvalue weighted by Crippen LogP contribution is 2.29. The number of anilines is 1. The van der Waals surface area contributed by atoms with Crippen molar-refractivity contribution >= 4 is 16.5 Å². The lowest BCUT2D eigenvalue weighted by atomic mass is 9.97. The monoisotopic (exact) mass is 344 g/mol. The molecule has 1 aliphatic carbocycles. The Morgan fingerprint density at radius 3 is 2.75 bits per heavy atom. The second kappa shape index (κ2) is 6.31. The Kier molecular flexibility index (Phi) is 4.16. The summed E-state index contributed by atoms with van der Waals surface area (Å²) >= 11 is 1.79. The van der Waals surface area contributed by atoms with Gasteiger partial charge in [0, 0.05) is 30.6 Å². The molecule has 128 valence electrons. The molecule has 6 heteroatoms. The van der Waals surface area contributed by atoms with Gasteiger partial charge in [-0.1, -0.05) is 0 Å². The molecule has 2 aromatic heterocycles. The molecule has 0 aromatic carbocycles. The van der Waals surface area contributed by atoms with E-state index in [1.807, 2.05) is 6.07 Å². The van der Waals surface area contributed by atoms with Crippen molar-refractivity contribution in [2.75, 3.05) is 18.0 Å². The summed E-state index contributed by atoms with van der Waals surface area (Å²) in [5.41, 5.74) is 3.52. The van der Waals surface area contributed by atoms with Gasteiger partial charge in [-0.3, -0.25) is 4.79 Å². The maximum atomic E-state index is 12.3. The molecule has 1 fully saturated rings. The van der Waals surface area contributed by atoms with Crippen LogP contribution in [0.2, 0.25) is 0 Å². The van der Waals surface area contributed by atoms with Gasteiger partial charge in [0.1, 0.15) is 0 Å². The first kappa shape index (κ1) is 15.8. The predicted octanol–water partition coefficient (Wildman–Crippen LogP) is 2.72. The summed E-state index contributed by atoms with van der Waals surface area (Å²) in [6.07, 6.45) is 5.38. The first-order valence-electron chi connectivity index (χ1n) is 8.89. The van der Waals surface area contributed by atoms with E-state index in [9.17, 15) is 4.79 Å². The van der Waals surface area contributed by atoms with E-state index < -0.39 is 0 Å². The number of piperidine rings is 1. The van der Waals surface area contributed by atoms with Crippen molar-refractivity contribution in [3.63, 3.8) is 0 Å². The lowest BCUT2D eigenvalue weighted by Crippen LogP contribution is -2.37. The van der Waals surface area contributed by atoms with Gasteiger partial charge in [0.25, 0.3) is 5.56 Å². The quantitative estimate of drug-likeness (QED) is 0.859. The lowest BCUT2D eigenvalue weighted by molar-refractivity contribution is 0.333. The molecular weight excluding hydrogens is 320 g/mol. The predicted molar refractivity (Wildman–Crippen MR) is 97.0 cm³/mol. The second-order valence-corrected chi connectivity index (χ2v) is 8.24. The molecule has 3 heterocycles. The van der Waals surface area contributed by atoms with E-state index in [1.54, 1.807) is 16.0 Å². The summed E-state index contributed by atoms with van der Waals surface area (Å²) in [6, 6.07) is 1.81. The lowest BCUT2D eigenvalue weighted by Gasteiger charge is -2.31. The zero-order chi connectivity index (χ0) is 16.7. The van der Waals surface area contributed by atoms with Crippen molar-refractivity contribution in [2.24, 2.45) is 5.92 Å². The van der Waals surface area contributed by atoms with Crippen LogP contribution in [-0.2, 0) is 19.4 Å². The fourth-order valence-corrected chi connectivity index (χ4v) is 4.67. The van der Waals surface area contributed by atoms with Crippen LogP contribution in [-0.4, -0.2) is 27.9 Å². The summed E-state index contributed by atoms with van der Waals surface area (Å²) in [5.74, 6) is 0.535. The van der Waals surface area contributed by atoms with Gasteiger partial charge in [-0.15, -0.1) is 11.3 Å². The van der Waals surface area contributed by atoms with E-state index in [2.05, 4.69) is 28.8 Å². The van der Waals surface area contributed by atoms with Gasteiger partial charge in [-0.25, -0.2) is 9.67 Å². The van der Waals surface area contributed by atoms with E-state index in [-0.39, 0.29) is 5.56 Å². The van der Waals surface area contributed by atoms with Gasteiger partial charge in [-0.05, 0) is 57.4 Å². The van der Waals surface area contributed by atoms with Gasteiger partial charge in [0.2, 0.25) is 0 Å². The van der Waals surface area contributed by atoms with E-state index in [0.29, 0.717) is 5.92 Å². The van der Waals surface area contributed by atoms with E-state index >= 15 is 0 Å². The molecule has 2 aromatic rings. The Balaban J connectivity index is 1.41. The number of hydrogen-bond donors (Lipinski definition) is 0. The van der Waals surface area contributed by atoms with Crippen molar-refractivity contribution in [3.05, 3.63) is 38.2 Å². The molecule has 0 radical (unpaired) electrons. The second-order valence-electron chi connectivity index (χ2n) is 7.06. The van der Waals surface area contributed by atoms with Crippen LogP contribution in [0.1, 0.15) is 41.1 Å². The minimum atomic E-state index is 0.0734. The fraction of sp³-hybridized carbons (Fsp3) is 0.611. The summed E-state index contributed by atoms with van der Waals surface area (Å²) in [6.45, 7) is 7.02. The van der Waals surface area contributed by atoms with Gasteiger partial charge in [0.15, 0.2) is 5.13 Å². The maximum absolute atomic E-state index is 12.3. The fourth-order valence-electron chi connectivity index (χ4n) is 3.71. The summed E-state index contributed by atoms with van der Waals surface area (Å²) in [7, 11) is 0. The van der Waals surface area contributed by atoms with Crippen LogP contribution in [0.3, 0.4) is 0 Å². The smallest absolute Gasteiger partial charge is 0.267 e. The molecule has 0 N–H and O–H groups in total. The highest BCUT2D eigenvalue weighted by atomic mass is 32.1. The van der Waals surface area contributed by atoms with Crippen LogP contribution in [0.25, 0.3) is 0 Å². The van der Waals surface area contributed by atoms with Crippen LogP contribution < -0.4 is 10.5 Å². The minimum Gasteiger partial charge on any atom is -0.348 e. The molecular formula is C18H24N4OS. The van der Waals surface area contributed by atoms with Crippen LogP contribution in [0.5, 0.6) is 0 Å². The van der Waals surface area contributed by atoms with Crippen molar-refractivity contribution in [1.29, 1.82) is 0 Å². The summed E-state index contributed by atoms with van der Waals surface area (Å²) in [5, 5.41) is 5.77. The van der Waals surface area contributed by atoms with Crippen molar-refractivity contribution < 1.29 is 0 Å². The van der Waals surface area contributed by atoms with Crippen molar-refractivity contribution in [2.45, 2.75) is 52.5 Å². The largest absolute Gasteiger partial charge is 0.348 e. The Morgan fingerprint density at radius 1 is 1.25 bits per heavy atom. The van der Waals surface area contributed by atoms with Gasteiger partial charge in [-0.2, -0.15) is 5.10 Å². The number of fused-ring (bicyclic) bond motifs is 1. The molecule has 0 saturated carbocycles. The number of aryl methyl sites for hydroxylation is 4. The molecule has 0 unspecified atom stereocenters. The molecule has 24 heavy (non-hydrogen) atoms. The Morgan fingerprint density at radius 2 is 2.04 bits per heavy atom. The molecule has 0 amide bonds. The zero-order valence-corrected chi connectivity index (χ0v) is 15.2. The van der Waals surface area contributed by atoms with E-state index in [1.165, 1.54) is 10.4 Å². The molecule has 1 aliphatic heterocycles. The molecule has 0 spiro atoms. The van der Waals surface area contributed by atoms with Gasteiger partial charge >= 0.3 is 0 Å². The van der Waals surface area contributed by atoms with Crippen LogP contribution in [0.4, 0.5) is 5.13 Å². The third-order valence-electron chi connectivity index (χ3n) is 5.36. The van der Waals surface area contributed by atoms with Crippen molar-refractivity contribution in [1.82, 2.24) is 14.8 Å². The maximum Gasteiger partial charge on any atom is 0.267 e. The summed E-state index contributed by atoms with van der Waals surface area (Å²) < 4.78 is 1.71. The topological polar surface area (TPSA) is 51.0 Å². The Labute approximate surface area is 146 Å². The molecule has 1 saturated heterocycles.